The molecule has 3 heteroatoms. The third-order valence-corrected chi connectivity index (χ3v) is 3.12. The van der Waals surface area contributed by atoms with Crippen molar-refractivity contribution < 1.29 is 9.84 Å². The van der Waals surface area contributed by atoms with Crippen molar-refractivity contribution in [2.75, 3.05) is 13.2 Å². The van der Waals surface area contributed by atoms with Gasteiger partial charge in [-0.1, -0.05) is 0 Å². The van der Waals surface area contributed by atoms with Crippen LogP contribution in [0.4, 0.5) is 0 Å². The molecule has 0 amide bonds. The number of ether oxygens (including phenoxy) is 1. The summed E-state index contributed by atoms with van der Waals surface area (Å²) in [5.41, 5.74) is -0.196. The van der Waals surface area contributed by atoms with E-state index in [-0.39, 0.29) is 11.6 Å². The third-order valence-electron chi connectivity index (χ3n) is 3.12. The highest BCUT2D eigenvalue weighted by Crippen LogP contribution is 2.15. The Morgan fingerprint density at radius 1 is 1.57 bits per heavy atom. The fourth-order valence-electron chi connectivity index (χ4n) is 1.58. The molecule has 0 spiro atoms. The van der Waals surface area contributed by atoms with E-state index in [1.165, 1.54) is 12.8 Å². The number of hydrogen-bond donors (Lipinski definition) is 2. The maximum Gasteiger partial charge on any atom is 0.0688 e. The van der Waals surface area contributed by atoms with Gasteiger partial charge in [0.1, 0.15) is 0 Å². The Hall–Kier alpha value is -0.120. The molecule has 1 saturated heterocycles. The Kier molecular flexibility index (Phi) is 4.35. The van der Waals surface area contributed by atoms with Crippen LogP contribution >= 0.6 is 0 Å². The van der Waals surface area contributed by atoms with Crippen LogP contribution in [-0.4, -0.2) is 36.0 Å². The van der Waals surface area contributed by atoms with Crippen molar-refractivity contribution in [3.63, 3.8) is 0 Å². The Bertz CT molecular complexity index is 163. The minimum absolute atomic E-state index is 0.196. The highest BCUT2D eigenvalue weighted by molar-refractivity contribution is 4.83. The largest absolute Gasteiger partial charge is 0.392 e. The summed E-state index contributed by atoms with van der Waals surface area (Å²) < 4.78 is 5.53. The summed E-state index contributed by atoms with van der Waals surface area (Å²) >= 11 is 0. The minimum Gasteiger partial charge on any atom is -0.392 e. The summed E-state index contributed by atoms with van der Waals surface area (Å²) in [4.78, 5) is 0. The van der Waals surface area contributed by atoms with E-state index in [4.69, 9.17) is 4.74 Å². The molecule has 1 rings (SSSR count). The van der Waals surface area contributed by atoms with Crippen LogP contribution in [0.5, 0.6) is 0 Å². The van der Waals surface area contributed by atoms with E-state index in [2.05, 4.69) is 5.32 Å². The summed E-state index contributed by atoms with van der Waals surface area (Å²) in [6.45, 7) is 7.70. The van der Waals surface area contributed by atoms with Gasteiger partial charge in [0.05, 0.1) is 12.2 Å². The lowest BCUT2D eigenvalue weighted by atomic mass is 9.98. The second-order valence-corrected chi connectivity index (χ2v) is 4.75. The van der Waals surface area contributed by atoms with Gasteiger partial charge in [-0.3, -0.25) is 0 Å². The molecule has 0 aromatic carbocycles. The van der Waals surface area contributed by atoms with Crippen LogP contribution in [0, 0.1) is 0 Å². The van der Waals surface area contributed by atoms with E-state index in [0.717, 1.165) is 19.6 Å². The van der Waals surface area contributed by atoms with Crippen LogP contribution in [0.1, 0.15) is 40.0 Å². The molecule has 0 bridgehead atoms. The molecular formula is C11H23NO2. The van der Waals surface area contributed by atoms with Gasteiger partial charge in [-0.25, -0.2) is 0 Å². The van der Waals surface area contributed by atoms with E-state index in [1.54, 1.807) is 0 Å². The number of hydrogen-bond acceptors (Lipinski definition) is 3. The zero-order valence-electron chi connectivity index (χ0n) is 9.55. The minimum atomic E-state index is -0.327. The normalized spacial score (nSPS) is 25.3. The first-order valence-corrected chi connectivity index (χ1v) is 5.57. The molecule has 1 aliphatic rings. The van der Waals surface area contributed by atoms with Gasteiger partial charge in [0.25, 0.3) is 0 Å². The predicted octanol–water partition coefficient (Wildman–Crippen LogP) is 1.30. The molecule has 0 aromatic heterocycles. The molecule has 1 aliphatic heterocycles. The lowest BCUT2D eigenvalue weighted by Crippen LogP contribution is -2.48. The third kappa shape index (κ3) is 3.56. The number of aliphatic hydroxyl groups excluding tert-OH is 1. The van der Waals surface area contributed by atoms with E-state index in [0.29, 0.717) is 6.10 Å². The molecule has 2 N–H and O–H groups in total. The zero-order chi connectivity index (χ0) is 10.6. The Balaban J connectivity index is 2.13. The molecular weight excluding hydrogens is 178 g/mol. The van der Waals surface area contributed by atoms with Gasteiger partial charge in [-0.05, 0) is 46.6 Å². The summed E-state index contributed by atoms with van der Waals surface area (Å²) in [7, 11) is 0. The average molecular weight is 201 g/mol. The second-order valence-electron chi connectivity index (χ2n) is 4.75. The summed E-state index contributed by atoms with van der Waals surface area (Å²) in [5, 5.41) is 12.8. The Morgan fingerprint density at radius 2 is 2.29 bits per heavy atom. The van der Waals surface area contributed by atoms with E-state index in [1.807, 2.05) is 20.8 Å². The van der Waals surface area contributed by atoms with Gasteiger partial charge in [0.15, 0.2) is 0 Å². The monoisotopic (exact) mass is 201 g/mol. The SMILES string of the molecule is CC(O)C(C)(C)NCCC1CCCO1. The molecule has 0 saturated carbocycles. The second kappa shape index (κ2) is 5.10. The summed E-state index contributed by atoms with van der Waals surface area (Å²) in [6, 6.07) is 0. The summed E-state index contributed by atoms with van der Waals surface area (Å²) in [5.74, 6) is 0. The van der Waals surface area contributed by atoms with Gasteiger partial charge in [0, 0.05) is 12.1 Å². The maximum atomic E-state index is 9.48. The van der Waals surface area contributed by atoms with Gasteiger partial charge in [-0.15, -0.1) is 0 Å². The lowest BCUT2D eigenvalue weighted by Gasteiger charge is -2.30. The molecule has 1 fully saturated rings. The van der Waals surface area contributed by atoms with Gasteiger partial charge < -0.3 is 15.2 Å². The van der Waals surface area contributed by atoms with Crippen LogP contribution in [0.2, 0.25) is 0 Å². The van der Waals surface area contributed by atoms with Gasteiger partial charge >= 0.3 is 0 Å². The lowest BCUT2D eigenvalue weighted by molar-refractivity contribution is 0.0808. The van der Waals surface area contributed by atoms with E-state index >= 15 is 0 Å². The van der Waals surface area contributed by atoms with Crippen LogP contribution in [-0.2, 0) is 4.74 Å². The molecule has 14 heavy (non-hydrogen) atoms. The Labute approximate surface area is 86.8 Å². The first-order chi connectivity index (χ1) is 6.52. The van der Waals surface area contributed by atoms with Crippen molar-refractivity contribution in [1.82, 2.24) is 5.32 Å². The molecule has 3 nitrogen and oxygen atoms in total. The molecule has 2 atom stereocenters. The van der Waals surface area contributed by atoms with Crippen LogP contribution < -0.4 is 5.32 Å². The van der Waals surface area contributed by atoms with E-state index in [9.17, 15) is 5.11 Å². The number of aliphatic hydroxyl groups is 1. The van der Waals surface area contributed by atoms with Crippen molar-refractivity contribution in [3.05, 3.63) is 0 Å². The van der Waals surface area contributed by atoms with Crippen LogP contribution in [0.15, 0.2) is 0 Å². The first-order valence-electron chi connectivity index (χ1n) is 5.57. The molecule has 0 radical (unpaired) electrons. The predicted molar refractivity (Wildman–Crippen MR) is 57.4 cm³/mol. The van der Waals surface area contributed by atoms with Crippen molar-refractivity contribution >= 4 is 0 Å². The number of nitrogens with one attached hydrogen (secondary N) is 1. The van der Waals surface area contributed by atoms with Crippen molar-refractivity contribution in [2.45, 2.75) is 57.8 Å². The van der Waals surface area contributed by atoms with E-state index < -0.39 is 0 Å². The quantitative estimate of drug-likeness (QED) is 0.704. The smallest absolute Gasteiger partial charge is 0.0688 e. The fraction of sp³-hybridized carbons (Fsp3) is 1.00. The highest BCUT2D eigenvalue weighted by atomic mass is 16.5. The molecule has 0 aromatic rings. The van der Waals surface area contributed by atoms with Gasteiger partial charge in [0.2, 0.25) is 0 Å². The zero-order valence-corrected chi connectivity index (χ0v) is 9.55. The fourth-order valence-corrected chi connectivity index (χ4v) is 1.58. The molecule has 2 unspecified atom stereocenters. The van der Waals surface area contributed by atoms with Crippen molar-refractivity contribution in [3.8, 4) is 0 Å². The summed E-state index contributed by atoms with van der Waals surface area (Å²) in [6.07, 6.45) is 3.55. The molecule has 0 aliphatic carbocycles. The highest BCUT2D eigenvalue weighted by Gasteiger charge is 2.23. The standard InChI is InChI=1S/C11H23NO2/c1-9(13)11(2,3)12-7-6-10-5-4-8-14-10/h9-10,12-13H,4-8H2,1-3H3. The maximum absolute atomic E-state index is 9.48. The number of rotatable bonds is 5. The van der Waals surface area contributed by atoms with Crippen LogP contribution in [0.25, 0.3) is 0 Å². The molecule has 84 valence electrons. The van der Waals surface area contributed by atoms with Gasteiger partial charge in [-0.2, -0.15) is 0 Å². The topological polar surface area (TPSA) is 41.5 Å². The average Bonchev–Trinajstić information content (AvgIpc) is 2.56. The van der Waals surface area contributed by atoms with Crippen molar-refractivity contribution in [1.29, 1.82) is 0 Å². The first kappa shape index (κ1) is 12.0. The molecule has 1 heterocycles. The van der Waals surface area contributed by atoms with Crippen molar-refractivity contribution in [2.24, 2.45) is 0 Å². The van der Waals surface area contributed by atoms with Crippen LogP contribution in [0.3, 0.4) is 0 Å². The Morgan fingerprint density at radius 3 is 2.79 bits per heavy atom.